The third kappa shape index (κ3) is 2.72. The van der Waals surface area contributed by atoms with Gasteiger partial charge in [0.15, 0.2) is 5.78 Å². The van der Waals surface area contributed by atoms with Gasteiger partial charge in [0.2, 0.25) is 0 Å². The maximum absolute atomic E-state index is 11.7. The summed E-state index contributed by atoms with van der Waals surface area (Å²) in [6.45, 7) is 2.40. The van der Waals surface area contributed by atoms with E-state index in [1.165, 1.54) is 0 Å². The van der Waals surface area contributed by atoms with Crippen LogP contribution in [-0.4, -0.2) is 41.6 Å². The van der Waals surface area contributed by atoms with Crippen LogP contribution in [0.15, 0.2) is 0 Å². The number of aliphatic carboxylic acids is 1. The lowest BCUT2D eigenvalue weighted by atomic mass is 9.79. The zero-order valence-corrected chi connectivity index (χ0v) is 9.64. The number of hydrogen-bond acceptors (Lipinski definition) is 4. The minimum Gasteiger partial charge on any atom is -0.480 e. The molecule has 0 bridgehead atoms. The highest BCUT2D eigenvalue weighted by Gasteiger charge is 2.47. The van der Waals surface area contributed by atoms with Gasteiger partial charge in [0.25, 0.3) is 0 Å². The van der Waals surface area contributed by atoms with E-state index in [2.05, 4.69) is 0 Å². The summed E-state index contributed by atoms with van der Waals surface area (Å²) in [7, 11) is 0. The largest absolute Gasteiger partial charge is 0.480 e. The molecule has 0 aliphatic carbocycles. The van der Waals surface area contributed by atoms with Crippen LogP contribution >= 0.6 is 11.8 Å². The average Bonchev–Trinajstić information content (AvgIpc) is 2.21. The molecule has 1 N–H and O–H groups in total. The molecule has 1 unspecified atom stereocenters. The maximum Gasteiger partial charge on any atom is 0.319 e. The van der Waals surface area contributed by atoms with Gasteiger partial charge in [-0.25, -0.2) is 0 Å². The number of carboxylic acids is 1. The summed E-state index contributed by atoms with van der Waals surface area (Å²) in [5.41, 5.74) is -1.28. The van der Waals surface area contributed by atoms with Crippen molar-refractivity contribution in [2.75, 3.05) is 24.7 Å². The first-order chi connectivity index (χ1) is 7.13. The zero-order chi connectivity index (χ0) is 11.3. The van der Waals surface area contributed by atoms with Crippen LogP contribution in [0.25, 0.3) is 0 Å². The molecule has 4 nitrogen and oxygen atoms in total. The summed E-state index contributed by atoms with van der Waals surface area (Å²) in [5.74, 6) is 0.407. The SMILES string of the molecule is CCSCCC1(C(=O)O)COCCC1=O. The molecule has 1 saturated heterocycles. The van der Waals surface area contributed by atoms with Crippen molar-refractivity contribution >= 4 is 23.5 Å². The van der Waals surface area contributed by atoms with E-state index < -0.39 is 11.4 Å². The van der Waals surface area contributed by atoms with Gasteiger partial charge in [-0.15, -0.1) is 0 Å². The molecule has 0 aromatic carbocycles. The summed E-state index contributed by atoms with van der Waals surface area (Å²) in [6.07, 6.45) is 0.600. The summed E-state index contributed by atoms with van der Waals surface area (Å²) in [4.78, 5) is 22.9. The normalized spacial score (nSPS) is 26.6. The number of Topliss-reactive ketones (excluding diaryl/α,β-unsaturated/α-hetero) is 1. The Balaban J connectivity index is 2.68. The van der Waals surface area contributed by atoms with Crippen molar-refractivity contribution in [2.45, 2.75) is 19.8 Å². The van der Waals surface area contributed by atoms with Crippen molar-refractivity contribution < 1.29 is 19.4 Å². The quantitative estimate of drug-likeness (QED) is 0.570. The molecule has 1 fully saturated rings. The number of carbonyl (C=O) groups is 2. The van der Waals surface area contributed by atoms with Gasteiger partial charge in [-0.1, -0.05) is 6.92 Å². The molecule has 1 heterocycles. The summed E-state index contributed by atoms with van der Waals surface area (Å²) in [5, 5.41) is 9.15. The standard InChI is InChI=1S/C10H16O4S/c1-2-15-6-4-10(9(12)13)7-14-5-3-8(10)11/h2-7H2,1H3,(H,12,13). The summed E-state index contributed by atoms with van der Waals surface area (Å²) in [6, 6.07) is 0. The molecule has 86 valence electrons. The van der Waals surface area contributed by atoms with Crippen LogP contribution in [0.5, 0.6) is 0 Å². The molecule has 1 rings (SSSR count). The van der Waals surface area contributed by atoms with Gasteiger partial charge in [0, 0.05) is 6.42 Å². The second-order valence-electron chi connectivity index (χ2n) is 3.56. The monoisotopic (exact) mass is 232 g/mol. The molecule has 0 saturated carbocycles. The second-order valence-corrected chi connectivity index (χ2v) is 4.95. The van der Waals surface area contributed by atoms with Crippen LogP contribution in [0.2, 0.25) is 0 Å². The molecule has 1 aliphatic heterocycles. The first-order valence-electron chi connectivity index (χ1n) is 5.05. The van der Waals surface area contributed by atoms with Crippen molar-refractivity contribution in [1.29, 1.82) is 0 Å². The Morgan fingerprint density at radius 2 is 2.40 bits per heavy atom. The fourth-order valence-corrected chi connectivity index (χ4v) is 2.40. The van der Waals surface area contributed by atoms with E-state index in [1.807, 2.05) is 6.92 Å². The Hall–Kier alpha value is -0.550. The fraction of sp³-hybridized carbons (Fsp3) is 0.800. The van der Waals surface area contributed by atoms with Crippen molar-refractivity contribution in [3.63, 3.8) is 0 Å². The predicted molar refractivity (Wildman–Crippen MR) is 58.1 cm³/mol. The molecular weight excluding hydrogens is 216 g/mol. The topological polar surface area (TPSA) is 63.6 Å². The predicted octanol–water partition coefficient (Wildman–Crippen LogP) is 1.19. The Labute approximate surface area is 93.4 Å². The zero-order valence-electron chi connectivity index (χ0n) is 8.82. The van der Waals surface area contributed by atoms with Crippen molar-refractivity contribution in [1.82, 2.24) is 0 Å². The lowest BCUT2D eigenvalue weighted by Crippen LogP contribution is -2.47. The molecule has 0 spiro atoms. The Morgan fingerprint density at radius 3 is 2.93 bits per heavy atom. The number of carboxylic acid groups (broad SMARTS) is 1. The Kier molecular flexibility index (Phi) is 4.60. The second kappa shape index (κ2) is 5.51. The molecule has 1 atom stereocenters. The van der Waals surface area contributed by atoms with E-state index in [0.29, 0.717) is 18.8 Å². The average molecular weight is 232 g/mol. The van der Waals surface area contributed by atoms with Gasteiger partial charge >= 0.3 is 5.97 Å². The van der Waals surface area contributed by atoms with Gasteiger partial charge < -0.3 is 9.84 Å². The fourth-order valence-electron chi connectivity index (χ4n) is 1.62. The minimum atomic E-state index is -1.28. The lowest BCUT2D eigenvalue weighted by Gasteiger charge is -2.31. The molecule has 1 aliphatic rings. The first kappa shape index (κ1) is 12.5. The molecule has 15 heavy (non-hydrogen) atoms. The Morgan fingerprint density at radius 1 is 1.67 bits per heavy atom. The van der Waals surface area contributed by atoms with E-state index in [4.69, 9.17) is 9.84 Å². The first-order valence-corrected chi connectivity index (χ1v) is 6.21. The van der Waals surface area contributed by atoms with E-state index in [1.54, 1.807) is 11.8 Å². The molecular formula is C10H16O4S. The van der Waals surface area contributed by atoms with Gasteiger partial charge in [0.1, 0.15) is 5.41 Å². The molecule has 0 radical (unpaired) electrons. The van der Waals surface area contributed by atoms with E-state index in [0.717, 1.165) is 5.75 Å². The number of ether oxygens (including phenoxy) is 1. The maximum atomic E-state index is 11.7. The van der Waals surface area contributed by atoms with Gasteiger partial charge in [-0.05, 0) is 17.9 Å². The number of carbonyl (C=O) groups excluding carboxylic acids is 1. The Bertz CT molecular complexity index is 254. The van der Waals surface area contributed by atoms with Crippen LogP contribution in [0.3, 0.4) is 0 Å². The van der Waals surface area contributed by atoms with Gasteiger partial charge in [-0.2, -0.15) is 11.8 Å². The van der Waals surface area contributed by atoms with Crippen LogP contribution in [0, 0.1) is 5.41 Å². The van der Waals surface area contributed by atoms with Crippen molar-refractivity contribution in [2.24, 2.45) is 5.41 Å². The molecule has 0 aromatic heterocycles. The smallest absolute Gasteiger partial charge is 0.319 e. The van der Waals surface area contributed by atoms with Gasteiger partial charge in [-0.3, -0.25) is 9.59 Å². The van der Waals surface area contributed by atoms with Gasteiger partial charge in [0.05, 0.1) is 13.2 Å². The third-order valence-corrected chi connectivity index (χ3v) is 3.54. The van der Waals surface area contributed by atoms with Crippen LogP contribution in [-0.2, 0) is 14.3 Å². The van der Waals surface area contributed by atoms with Crippen molar-refractivity contribution in [3.8, 4) is 0 Å². The molecule has 5 heteroatoms. The molecule has 0 amide bonds. The van der Waals surface area contributed by atoms with Crippen molar-refractivity contribution in [3.05, 3.63) is 0 Å². The molecule has 0 aromatic rings. The highest BCUT2D eigenvalue weighted by Crippen LogP contribution is 2.31. The lowest BCUT2D eigenvalue weighted by molar-refractivity contribution is -0.164. The van der Waals surface area contributed by atoms with E-state index in [-0.39, 0.29) is 18.8 Å². The van der Waals surface area contributed by atoms with Crippen LogP contribution < -0.4 is 0 Å². The number of ketones is 1. The number of hydrogen-bond donors (Lipinski definition) is 1. The van der Waals surface area contributed by atoms with E-state index in [9.17, 15) is 9.59 Å². The highest BCUT2D eigenvalue weighted by atomic mass is 32.2. The summed E-state index contributed by atoms with van der Waals surface area (Å²) >= 11 is 1.65. The number of thioether (sulfide) groups is 1. The number of rotatable bonds is 5. The van der Waals surface area contributed by atoms with Crippen LogP contribution in [0.4, 0.5) is 0 Å². The highest BCUT2D eigenvalue weighted by molar-refractivity contribution is 7.99. The van der Waals surface area contributed by atoms with Crippen LogP contribution in [0.1, 0.15) is 19.8 Å². The minimum absolute atomic E-state index is 0.0332. The summed E-state index contributed by atoms with van der Waals surface area (Å²) < 4.78 is 5.14. The van der Waals surface area contributed by atoms with E-state index >= 15 is 0 Å². The third-order valence-electron chi connectivity index (χ3n) is 2.64.